The second-order valence-electron chi connectivity index (χ2n) is 4.24. The molecule has 0 radical (unpaired) electrons. The van der Waals surface area contributed by atoms with Gasteiger partial charge in [0.1, 0.15) is 0 Å². The molecule has 5 nitrogen and oxygen atoms in total. The van der Waals surface area contributed by atoms with Gasteiger partial charge in [-0.05, 0) is 24.3 Å². The van der Waals surface area contributed by atoms with Crippen LogP contribution in [0.25, 0.3) is 0 Å². The second-order valence-corrected chi connectivity index (χ2v) is 4.24. The molecule has 0 bridgehead atoms. The molecule has 0 fully saturated rings. The fourth-order valence-electron chi connectivity index (χ4n) is 1.35. The minimum atomic E-state index is -0.144. The van der Waals surface area contributed by atoms with Crippen molar-refractivity contribution >= 4 is 17.5 Å². The summed E-state index contributed by atoms with van der Waals surface area (Å²) in [5.74, 6) is -0.245. The lowest BCUT2D eigenvalue weighted by atomic mass is 10.2. The van der Waals surface area contributed by atoms with E-state index in [0.29, 0.717) is 11.3 Å². The van der Waals surface area contributed by atoms with Gasteiger partial charge in [-0.3, -0.25) is 9.59 Å². The van der Waals surface area contributed by atoms with Gasteiger partial charge in [0.05, 0.1) is 6.54 Å². The topological polar surface area (TPSA) is 70.2 Å². The Balaban J connectivity index is 2.53. The van der Waals surface area contributed by atoms with Crippen molar-refractivity contribution in [2.45, 2.75) is 19.9 Å². The summed E-state index contributed by atoms with van der Waals surface area (Å²) in [6.45, 7) is 4.23. The quantitative estimate of drug-likeness (QED) is 0.728. The molecule has 1 rings (SSSR count). The van der Waals surface area contributed by atoms with E-state index in [9.17, 15) is 9.59 Å². The number of anilines is 1. The van der Waals surface area contributed by atoms with Crippen LogP contribution >= 0.6 is 0 Å². The van der Waals surface area contributed by atoms with Gasteiger partial charge in [0.25, 0.3) is 5.91 Å². The predicted octanol–water partition coefficient (Wildman–Crippen LogP) is 0.983. The Morgan fingerprint density at radius 3 is 2.28 bits per heavy atom. The summed E-state index contributed by atoms with van der Waals surface area (Å²) < 4.78 is 0. The number of carbonyl (C=O) groups excluding carboxylic acids is 2. The molecule has 0 saturated carbocycles. The van der Waals surface area contributed by atoms with Crippen molar-refractivity contribution in [3.05, 3.63) is 29.8 Å². The molecule has 0 aliphatic carbocycles. The summed E-state index contributed by atoms with van der Waals surface area (Å²) in [6.07, 6.45) is 0. The van der Waals surface area contributed by atoms with Crippen molar-refractivity contribution in [2.75, 3.05) is 18.9 Å². The SMILES string of the molecule is CNC(=O)c1ccc(NC(=O)CNC(C)C)cc1. The molecule has 0 spiro atoms. The Kier molecular flexibility index (Phi) is 5.32. The van der Waals surface area contributed by atoms with Gasteiger partial charge in [-0.25, -0.2) is 0 Å². The maximum absolute atomic E-state index is 11.5. The largest absolute Gasteiger partial charge is 0.355 e. The number of rotatable bonds is 5. The van der Waals surface area contributed by atoms with Crippen LogP contribution in [-0.2, 0) is 4.79 Å². The van der Waals surface area contributed by atoms with Crippen LogP contribution in [0.5, 0.6) is 0 Å². The van der Waals surface area contributed by atoms with Crippen molar-refractivity contribution in [1.82, 2.24) is 10.6 Å². The van der Waals surface area contributed by atoms with Crippen LogP contribution in [0.4, 0.5) is 5.69 Å². The summed E-state index contributed by atoms with van der Waals surface area (Å²) in [6, 6.07) is 7.02. The minimum absolute atomic E-state index is 0.101. The first-order valence-electron chi connectivity index (χ1n) is 5.88. The van der Waals surface area contributed by atoms with Crippen LogP contribution in [0.1, 0.15) is 24.2 Å². The average Bonchev–Trinajstić information content (AvgIpc) is 2.36. The molecule has 1 aromatic carbocycles. The molecule has 0 saturated heterocycles. The van der Waals surface area contributed by atoms with Gasteiger partial charge >= 0.3 is 0 Å². The third-order valence-electron chi connectivity index (χ3n) is 2.33. The normalized spacial score (nSPS) is 10.2. The predicted molar refractivity (Wildman–Crippen MR) is 71.6 cm³/mol. The van der Waals surface area contributed by atoms with Gasteiger partial charge in [-0.15, -0.1) is 0 Å². The molecule has 98 valence electrons. The zero-order valence-electron chi connectivity index (χ0n) is 10.9. The van der Waals surface area contributed by atoms with E-state index < -0.39 is 0 Å². The molecule has 18 heavy (non-hydrogen) atoms. The molecule has 0 aromatic heterocycles. The number of amides is 2. The van der Waals surface area contributed by atoms with Gasteiger partial charge in [-0.1, -0.05) is 13.8 Å². The summed E-state index contributed by atoms with van der Waals surface area (Å²) in [4.78, 5) is 22.9. The molecule has 1 aromatic rings. The Hall–Kier alpha value is -1.88. The van der Waals surface area contributed by atoms with Gasteiger partial charge in [-0.2, -0.15) is 0 Å². The maximum Gasteiger partial charge on any atom is 0.251 e. The van der Waals surface area contributed by atoms with E-state index in [1.54, 1.807) is 31.3 Å². The molecule has 0 aliphatic rings. The van der Waals surface area contributed by atoms with E-state index in [4.69, 9.17) is 0 Å². The molecule has 0 atom stereocenters. The summed E-state index contributed by atoms with van der Waals surface area (Å²) in [5, 5.41) is 8.31. The smallest absolute Gasteiger partial charge is 0.251 e. The molecule has 0 unspecified atom stereocenters. The molecule has 3 N–H and O–H groups in total. The fraction of sp³-hybridized carbons (Fsp3) is 0.385. The van der Waals surface area contributed by atoms with Crippen LogP contribution < -0.4 is 16.0 Å². The first-order valence-corrected chi connectivity index (χ1v) is 5.88. The monoisotopic (exact) mass is 249 g/mol. The highest BCUT2D eigenvalue weighted by molar-refractivity contribution is 5.96. The van der Waals surface area contributed by atoms with Crippen LogP contribution in [0.2, 0.25) is 0 Å². The van der Waals surface area contributed by atoms with Crippen LogP contribution in [0, 0.1) is 0 Å². The highest BCUT2D eigenvalue weighted by Crippen LogP contribution is 2.09. The minimum Gasteiger partial charge on any atom is -0.355 e. The Labute approximate surface area is 107 Å². The molecular formula is C13H19N3O2. The van der Waals surface area contributed by atoms with E-state index >= 15 is 0 Å². The fourth-order valence-corrected chi connectivity index (χ4v) is 1.35. The standard InChI is InChI=1S/C13H19N3O2/c1-9(2)15-8-12(17)16-11-6-4-10(5-7-11)13(18)14-3/h4-7,9,15H,8H2,1-3H3,(H,14,18)(H,16,17). The number of nitrogens with one attached hydrogen (secondary N) is 3. The Morgan fingerprint density at radius 2 is 1.78 bits per heavy atom. The van der Waals surface area contributed by atoms with E-state index in [2.05, 4.69) is 16.0 Å². The first-order chi connectivity index (χ1) is 8.52. The summed E-state index contributed by atoms with van der Waals surface area (Å²) in [5.41, 5.74) is 1.24. The lowest BCUT2D eigenvalue weighted by molar-refractivity contribution is -0.115. The molecule has 0 aliphatic heterocycles. The maximum atomic E-state index is 11.5. The second kappa shape index (κ2) is 6.76. The van der Waals surface area contributed by atoms with Crippen LogP contribution in [0.3, 0.4) is 0 Å². The number of hydrogen-bond acceptors (Lipinski definition) is 3. The Morgan fingerprint density at radius 1 is 1.17 bits per heavy atom. The Bertz CT molecular complexity index is 413. The van der Waals surface area contributed by atoms with Crippen molar-refractivity contribution in [3.63, 3.8) is 0 Å². The van der Waals surface area contributed by atoms with E-state index in [1.165, 1.54) is 0 Å². The van der Waals surface area contributed by atoms with E-state index in [0.717, 1.165) is 0 Å². The summed E-state index contributed by atoms with van der Waals surface area (Å²) in [7, 11) is 1.58. The zero-order valence-corrected chi connectivity index (χ0v) is 10.9. The third-order valence-corrected chi connectivity index (χ3v) is 2.33. The van der Waals surface area contributed by atoms with Gasteiger partial charge in [0.15, 0.2) is 0 Å². The first kappa shape index (κ1) is 14.2. The van der Waals surface area contributed by atoms with Crippen molar-refractivity contribution in [1.29, 1.82) is 0 Å². The molecular weight excluding hydrogens is 230 g/mol. The molecule has 0 heterocycles. The number of carbonyl (C=O) groups is 2. The highest BCUT2D eigenvalue weighted by Gasteiger charge is 2.05. The van der Waals surface area contributed by atoms with Crippen molar-refractivity contribution in [2.24, 2.45) is 0 Å². The van der Waals surface area contributed by atoms with Gasteiger partial charge in [0, 0.05) is 24.3 Å². The van der Waals surface area contributed by atoms with Crippen molar-refractivity contribution < 1.29 is 9.59 Å². The third kappa shape index (κ3) is 4.55. The van der Waals surface area contributed by atoms with Crippen LogP contribution in [-0.4, -0.2) is 31.4 Å². The molecule has 5 heteroatoms. The molecule has 2 amide bonds. The average molecular weight is 249 g/mol. The lowest BCUT2D eigenvalue weighted by Gasteiger charge is -2.09. The highest BCUT2D eigenvalue weighted by atomic mass is 16.2. The van der Waals surface area contributed by atoms with E-state index in [-0.39, 0.29) is 24.4 Å². The van der Waals surface area contributed by atoms with E-state index in [1.807, 2.05) is 13.8 Å². The van der Waals surface area contributed by atoms with Crippen LogP contribution in [0.15, 0.2) is 24.3 Å². The summed E-state index contributed by atoms with van der Waals surface area (Å²) >= 11 is 0. The number of benzene rings is 1. The lowest BCUT2D eigenvalue weighted by Crippen LogP contribution is -2.32. The number of hydrogen-bond donors (Lipinski definition) is 3. The zero-order chi connectivity index (χ0) is 13.5. The van der Waals surface area contributed by atoms with Gasteiger partial charge < -0.3 is 16.0 Å². The van der Waals surface area contributed by atoms with Gasteiger partial charge in [0.2, 0.25) is 5.91 Å². The van der Waals surface area contributed by atoms with Crippen molar-refractivity contribution in [3.8, 4) is 0 Å².